The number of carbonyl (C=O) groups excluding carboxylic acids is 1. The summed E-state index contributed by atoms with van der Waals surface area (Å²) in [6.07, 6.45) is 5.04. The van der Waals surface area contributed by atoms with E-state index >= 15 is 0 Å². The van der Waals surface area contributed by atoms with E-state index in [1.54, 1.807) is 11.3 Å². The smallest absolute Gasteiger partial charge is 0.228 e. The quantitative estimate of drug-likeness (QED) is 0.866. The van der Waals surface area contributed by atoms with Crippen molar-refractivity contribution in [3.8, 4) is 0 Å². The summed E-state index contributed by atoms with van der Waals surface area (Å²) in [7, 11) is 0. The molecule has 1 saturated carbocycles. The third kappa shape index (κ3) is 3.39. The second kappa shape index (κ2) is 6.32. The Morgan fingerprint density at radius 1 is 1.26 bits per heavy atom. The zero-order chi connectivity index (χ0) is 15.6. The van der Waals surface area contributed by atoms with Crippen molar-refractivity contribution in [3.63, 3.8) is 0 Å². The minimum atomic E-state index is 0.218. The fraction of sp³-hybridized carbons (Fsp3) is 0.444. The predicted molar refractivity (Wildman–Crippen MR) is 92.6 cm³/mol. The Kier molecular flexibility index (Phi) is 4.04. The predicted octanol–water partition coefficient (Wildman–Crippen LogP) is 2.94. The molecule has 0 saturated heterocycles. The second-order valence-corrected chi connectivity index (χ2v) is 7.48. The molecule has 0 bridgehead atoms. The van der Waals surface area contributed by atoms with E-state index in [1.807, 2.05) is 34.7 Å². The largest absolute Gasteiger partial charge is 0.354 e. The first kappa shape index (κ1) is 14.7. The zero-order valence-electron chi connectivity index (χ0n) is 13.1. The maximum absolute atomic E-state index is 12.7. The Labute approximate surface area is 140 Å². The van der Waals surface area contributed by atoms with Gasteiger partial charge < -0.3 is 9.80 Å². The molecule has 0 atom stereocenters. The standard InChI is InChI=1S/C18H21N3OS/c22-17(11-16-4-2-10-23-16)20-8-9-21(12-14-5-6-14)18-15(13-20)3-1-7-19-18/h1-4,7,10,14H,5-6,8-9,11-13H2. The van der Waals surface area contributed by atoms with Crippen molar-refractivity contribution in [1.29, 1.82) is 0 Å². The monoisotopic (exact) mass is 327 g/mol. The van der Waals surface area contributed by atoms with Crippen molar-refractivity contribution in [2.24, 2.45) is 5.92 Å². The van der Waals surface area contributed by atoms with Crippen LogP contribution in [0.2, 0.25) is 0 Å². The van der Waals surface area contributed by atoms with Gasteiger partial charge in [0, 0.05) is 42.8 Å². The van der Waals surface area contributed by atoms with Gasteiger partial charge >= 0.3 is 0 Å². The van der Waals surface area contributed by atoms with Gasteiger partial charge in [-0.15, -0.1) is 11.3 Å². The van der Waals surface area contributed by atoms with E-state index in [-0.39, 0.29) is 5.91 Å². The molecule has 120 valence electrons. The minimum absolute atomic E-state index is 0.218. The SMILES string of the molecule is O=C(Cc1cccs1)N1CCN(CC2CC2)c2ncccc2C1. The lowest BCUT2D eigenvalue weighted by molar-refractivity contribution is -0.130. The summed E-state index contributed by atoms with van der Waals surface area (Å²) in [5.41, 5.74) is 1.17. The molecule has 2 aromatic heterocycles. The van der Waals surface area contributed by atoms with Crippen molar-refractivity contribution in [2.75, 3.05) is 24.5 Å². The van der Waals surface area contributed by atoms with E-state index in [0.29, 0.717) is 13.0 Å². The van der Waals surface area contributed by atoms with Crippen LogP contribution in [-0.4, -0.2) is 35.4 Å². The number of thiophene rings is 1. The Bertz CT molecular complexity index is 681. The van der Waals surface area contributed by atoms with E-state index in [0.717, 1.165) is 36.2 Å². The number of fused-ring (bicyclic) bond motifs is 1. The number of pyridine rings is 1. The number of rotatable bonds is 4. The summed E-state index contributed by atoms with van der Waals surface area (Å²) >= 11 is 1.65. The molecule has 1 aliphatic heterocycles. The zero-order valence-corrected chi connectivity index (χ0v) is 14.0. The lowest BCUT2D eigenvalue weighted by atomic mass is 10.2. The van der Waals surface area contributed by atoms with Gasteiger partial charge in [0.1, 0.15) is 5.82 Å². The normalized spacial score (nSPS) is 17.7. The molecular weight excluding hydrogens is 306 g/mol. The summed E-state index contributed by atoms with van der Waals surface area (Å²) in [5.74, 6) is 2.11. The number of carbonyl (C=O) groups is 1. The molecule has 2 aliphatic rings. The van der Waals surface area contributed by atoms with Crippen molar-refractivity contribution in [1.82, 2.24) is 9.88 Å². The highest BCUT2D eigenvalue weighted by molar-refractivity contribution is 7.10. The first-order valence-corrected chi connectivity index (χ1v) is 9.16. The van der Waals surface area contributed by atoms with Crippen molar-refractivity contribution < 1.29 is 4.79 Å². The highest BCUT2D eigenvalue weighted by Crippen LogP contribution is 2.32. The molecule has 1 fully saturated rings. The molecule has 5 heteroatoms. The molecule has 0 unspecified atom stereocenters. The van der Waals surface area contributed by atoms with E-state index in [2.05, 4.69) is 16.0 Å². The van der Waals surface area contributed by atoms with Crippen LogP contribution in [-0.2, 0) is 17.8 Å². The van der Waals surface area contributed by atoms with Crippen molar-refractivity contribution in [2.45, 2.75) is 25.8 Å². The van der Waals surface area contributed by atoms with Gasteiger partial charge in [0.25, 0.3) is 0 Å². The highest BCUT2D eigenvalue weighted by atomic mass is 32.1. The van der Waals surface area contributed by atoms with E-state index in [4.69, 9.17) is 0 Å². The average Bonchev–Trinajstić information content (AvgIpc) is 3.28. The second-order valence-electron chi connectivity index (χ2n) is 6.45. The molecule has 2 aromatic rings. The molecule has 0 aromatic carbocycles. The van der Waals surface area contributed by atoms with Crippen LogP contribution < -0.4 is 4.90 Å². The molecular formula is C18H21N3OS. The van der Waals surface area contributed by atoms with Gasteiger partial charge in [0.2, 0.25) is 5.91 Å². The van der Waals surface area contributed by atoms with Gasteiger partial charge in [-0.3, -0.25) is 4.79 Å². The first-order chi connectivity index (χ1) is 11.3. The Morgan fingerprint density at radius 2 is 2.17 bits per heavy atom. The Balaban J connectivity index is 1.52. The van der Waals surface area contributed by atoms with Crippen LogP contribution in [0.4, 0.5) is 5.82 Å². The Morgan fingerprint density at radius 3 is 2.96 bits per heavy atom. The maximum Gasteiger partial charge on any atom is 0.228 e. The molecule has 3 heterocycles. The molecule has 1 aliphatic carbocycles. The van der Waals surface area contributed by atoms with Crippen LogP contribution in [0.3, 0.4) is 0 Å². The summed E-state index contributed by atoms with van der Waals surface area (Å²) in [6, 6.07) is 8.13. The number of aromatic nitrogens is 1. The number of nitrogens with zero attached hydrogens (tertiary/aromatic N) is 3. The summed E-state index contributed by atoms with van der Waals surface area (Å²) in [5, 5.41) is 2.03. The first-order valence-electron chi connectivity index (χ1n) is 8.28. The summed E-state index contributed by atoms with van der Waals surface area (Å²) in [4.78, 5) is 22.8. The number of hydrogen-bond donors (Lipinski definition) is 0. The number of hydrogen-bond acceptors (Lipinski definition) is 4. The fourth-order valence-electron chi connectivity index (χ4n) is 3.15. The lowest BCUT2D eigenvalue weighted by Crippen LogP contribution is -2.36. The third-order valence-corrected chi connectivity index (χ3v) is 5.48. The molecule has 4 rings (SSSR count). The fourth-order valence-corrected chi connectivity index (χ4v) is 3.84. The average molecular weight is 327 g/mol. The molecule has 1 amide bonds. The van der Waals surface area contributed by atoms with E-state index in [1.165, 1.54) is 18.4 Å². The minimum Gasteiger partial charge on any atom is -0.354 e. The maximum atomic E-state index is 12.7. The molecule has 0 spiro atoms. The molecule has 0 radical (unpaired) electrons. The molecule has 4 nitrogen and oxygen atoms in total. The van der Waals surface area contributed by atoms with Crippen LogP contribution in [0.25, 0.3) is 0 Å². The van der Waals surface area contributed by atoms with Gasteiger partial charge in [0.15, 0.2) is 0 Å². The lowest BCUT2D eigenvalue weighted by Gasteiger charge is -2.23. The summed E-state index contributed by atoms with van der Waals surface area (Å²) < 4.78 is 0. The van der Waals surface area contributed by atoms with Crippen molar-refractivity contribution in [3.05, 3.63) is 46.3 Å². The number of anilines is 1. The van der Waals surface area contributed by atoms with Crippen LogP contribution in [0.1, 0.15) is 23.3 Å². The summed E-state index contributed by atoms with van der Waals surface area (Å²) in [6.45, 7) is 3.43. The highest BCUT2D eigenvalue weighted by Gasteiger charge is 2.29. The van der Waals surface area contributed by atoms with E-state index < -0.39 is 0 Å². The van der Waals surface area contributed by atoms with Crippen molar-refractivity contribution >= 4 is 23.1 Å². The van der Waals surface area contributed by atoms with Gasteiger partial charge in [-0.25, -0.2) is 4.98 Å². The van der Waals surface area contributed by atoms with Gasteiger partial charge in [-0.05, 0) is 36.3 Å². The Hall–Kier alpha value is -1.88. The van der Waals surface area contributed by atoms with E-state index in [9.17, 15) is 4.79 Å². The molecule has 0 N–H and O–H groups in total. The van der Waals surface area contributed by atoms with Crippen LogP contribution >= 0.6 is 11.3 Å². The van der Waals surface area contributed by atoms with Gasteiger partial charge in [0.05, 0.1) is 6.42 Å². The van der Waals surface area contributed by atoms with Crippen LogP contribution in [0, 0.1) is 5.92 Å². The van der Waals surface area contributed by atoms with Gasteiger partial charge in [-0.1, -0.05) is 12.1 Å². The van der Waals surface area contributed by atoms with Gasteiger partial charge in [-0.2, -0.15) is 0 Å². The topological polar surface area (TPSA) is 36.4 Å². The van der Waals surface area contributed by atoms with Crippen LogP contribution in [0.5, 0.6) is 0 Å². The van der Waals surface area contributed by atoms with Crippen LogP contribution in [0.15, 0.2) is 35.8 Å². The number of amides is 1. The third-order valence-electron chi connectivity index (χ3n) is 4.60. The molecule has 23 heavy (non-hydrogen) atoms.